The van der Waals surface area contributed by atoms with Gasteiger partial charge in [0.05, 0.1) is 25.0 Å². The normalized spacial score (nSPS) is 14.4. The van der Waals surface area contributed by atoms with E-state index in [1.54, 1.807) is 36.5 Å². The number of hydrogen-bond donors (Lipinski definition) is 2. The lowest BCUT2D eigenvalue weighted by molar-refractivity contribution is -0.131. The molecule has 0 spiro atoms. The van der Waals surface area contributed by atoms with Crippen LogP contribution in [0.25, 0.3) is 0 Å². The molecule has 1 unspecified atom stereocenters. The van der Waals surface area contributed by atoms with E-state index in [-0.39, 0.29) is 18.4 Å². The zero-order valence-corrected chi connectivity index (χ0v) is 18.5. The molecule has 0 bridgehead atoms. The van der Waals surface area contributed by atoms with Gasteiger partial charge in [0.2, 0.25) is 5.91 Å². The molecular formula is C23H26N6O4. The minimum absolute atomic E-state index is 0.0530. The van der Waals surface area contributed by atoms with Gasteiger partial charge in [0.25, 0.3) is 5.91 Å². The second-order valence-electron chi connectivity index (χ2n) is 7.73. The van der Waals surface area contributed by atoms with Gasteiger partial charge in [-0.05, 0) is 31.2 Å². The molecule has 2 N–H and O–H groups in total. The van der Waals surface area contributed by atoms with Gasteiger partial charge in [0.15, 0.2) is 17.7 Å². The highest BCUT2D eigenvalue weighted by Crippen LogP contribution is 2.26. The minimum atomic E-state index is -0.702. The largest absolute Gasteiger partial charge is 0.492 e. The lowest BCUT2D eigenvalue weighted by Gasteiger charge is -2.25. The highest BCUT2D eigenvalue weighted by atomic mass is 16.5. The Kier molecular flexibility index (Phi) is 6.72. The predicted octanol–water partition coefficient (Wildman–Crippen LogP) is 1.94. The van der Waals surface area contributed by atoms with Crippen molar-refractivity contribution in [3.63, 3.8) is 0 Å². The van der Waals surface area contributed by atoms with Crippen molar-refractivity contribution >= 4 is 23.3 Å². The van der Waals surface area contributed by atoms with Crippen molar-refractivity contribution in [1.82, 2.24) is 19.7 Å². The van der Waals surface area contributed by atoms with Crippen molar-refractivity contribution in [3.8, 4) is 11.5 Å². The van der Waals surface area contributed by atoms with Crippen LogP contribution in [0.1, 0.15) is 5.56 Å². The van der Waals surface area contributed by atoms with E-state index in [2.05, 4.69) is 20.7 Å². The van der Waals surface area contributed by atoms with Crippen LogP contribution >= 0.6 is 0 Å². The van der Waals surface area contributed by atoms with Crippen molar-refractivity contribution in [2.24, 2.45) is 0 Å². The molecule has 1 aliphatic heterocycles. The van der Waals surface area contributed by atoms with Crippen LogP contribution in [0.4, 0.5) is 11.5 Å². The number of pyridine rings is 1. The second kappa shape index (κ2) is 10.0. The zero-order valence-electron chi connectivity index (χ0n) is 18.5. The summed E-state index contributed by atoms with van der Waals surface area (Å²) in [5, 5.41) is 10.0. The van der Waals surface area contributed by atoms with Crippen LogP contribution in [-0.4, -0.2) is 64.3 Å². The molecule has 1 aromatic carbocycles. The molecule has 172 valence electrons. The van der Waals surface area contributed by atoms with Crippen molar-refractivity contribution < 1.29 is 19.1 Å². The fourth-order valence-corrected chi connectivity index (χ4v) is 3.21. The smallest absolute Gasteiger partial charge is 0.267 e. The van der Waals surface area contributed by atoms with Gasteiger partial charge >= 0.3 is 0 Å². The third-order valence-corrected chi connectivity index (χ3v) is 5.13. The Morgan fingerprint density at radius 3 is 2.94 bits per heavy atom. The quantitative estimate of drug-likeness (QED) is 0.540. The minimum Gasteiger partial charge on any atom is -0.492 e. The molecule has 3 aromatic rings. The SMILES string of the molecule is Cc1ccc(OCCN(C)C(=O)Cn2cc(NC(=O)C3CNc4ncccc4O3)cn2)cc1. The van der Waals surface area contributed by atoms with Crippen LogP contribution in [0.2, 0.25) is 0 Å². The molecule has 1 aliphatic rings. The first-order valence-corrected chi connectivity index (χ1v) is 10.6. The highest BCUT2D eigenvalue weighted by Gasteiger charge is 2.26. The fraction of sp³-hybridized carbons (Fsp3) is 0.304. The van der Waals surface area contributed by atoms with Crippen LogP contribution in [0, 0.1) is 6.92 Å². The number of ether oxygens (including phenoxy) is 2. The number of amides is 2. The van der Waals surface area contributed by atoms with Crippen LogP contribution in [0.5, 0.6) is 11.5 Å². The number of aryl methyl sites for hydroxylation is 1. The van der Waals surface area contributed by atoms with E-state index in [1.807, 2.05) is 31.2 Å². The number of carbonyl (C=O) groups excluding carboxylic acids is 2. The van der Waals surface area contributed by atoms with Crippen molar-refractivity contribution in [2.45, 2.75) is 19.6 Å². The number of hydrogen-bond acceptors (Lipinski definition) is 7. The maximum atomic E-state index is 12.5. The van der Waals surface area contributed by atoms with E-state index >= 15 is 0 Å². The summed E-state index contributed by atoms with van der Waals surface area (Å²) in [4.78, 5) is 30.8. The van der Waals surface area contributed by atoms with Gasteiger partial charge < -0.3 is 25.0 Å². The Morgan fingerprint density at radius 1 is 1.30 bits per heavy atom. The van der Waals surface area contributed by atoms with Gasteiger partial charge in [-0.3, -0.25) is 14.3 Å². The fourth-order valence-electron chi connectivity index (χ4n) is 3.21. The van der Waals surface area contributed by atoms with Crippen LogP contribution in [0.15, 0.2) is 55.0 Å². The third-order valence-electron chi connectivity index (χ3n) is 5.13. The van der Waals surface area contributed by atoms with E-state index < -0.39 is 6.10 Å². The molecule has 1 atom stereocenters. The van der Waals surface area contributed by atoms with Crippen molar-refractivity contribution in [2.75, 3.05) is 37.4 Å². The Bertz CT molecular complexity index is 1110. The lowest BCUT2D eigenvalue weighted by Crippen LogP contribution is -2.41. The molecule has 2 amide bonds. The van der Waals surface area contributed by atoms with E-state index in [4.69, 9.17) is 9.47 Å². The second-order valence-corrected chi connectivity index (χ2v) is 7.73. The van der Waals surface area contributed by atoms with Gasteiger partial charge in [0.1, 0.15) is 18.9 Å². The molecule has 0 fully saturated rings. The number of likely N-dealkylation sites (N-methyl/N-ethyl adjacent to an activating group) is 1. The highest BCUT2D eigenvalue weighted by molar-refractivity contribution is 5.95. The summed E-state index contributed by atoms with van der Waals surface area (Å²) in [6, 6.07) is 11.3. The average Bonchev–Trinajstić information content (AvgIpc) is 3.26. The first-order valence-electron chi connectivity index (χ1n) is 10.6. The number of benzene rings is 1. The molecule has 10 heteroatoms. The van der Waals surface area contributed by atoms with Crippen LogP contribution in [-0.2, 0) is 16.1 Å². The number of nitrogens with zero attached hydrogens (tertiary/aromatic N) is 4. The van der Waals surface area contributed by atoms with Gasteiger partial charge in [-0.2, -0.15) is 5.10 Å². The maximum Gasteiger partial charge on any atom is 0.267 e. The molecule has 4 rings (SSSR count). The first-order chi connectivity index (χ1) is 16.0. The first kappa shape index (κ1) is 22.1. The van der Waals surface area contributed by atoms with Crippen LogP contribution < -0.4 is 20.1 Å². The maximum absolute atomic E-state index is 12.5. The summed E-state index contributed by atoms with van der Waals surface area (Å²) in [5.74, 6) is 1.48. The zero-order chi connectivity index (χ0) is 23.2. The summed E-state index contributed by atoms with van der Waals surface area (Å²) in [6.45, 7) is 3.20. The number of nitrogens with one attached hydrogen (secondary N) is 2. The molecule has 0 radical (unpaired) electrons. The molecular weight excluding hydrogens is 424 g/mol. The van der Waals surface area contributed by atoms with Crippen LogP contribution in [0.3, 0.4) is 0 Å². The summed E-state index contributed by atoms with van der Waals surface area (Å²) >= 11 is 0. The van der Waals surface area contributed by atoms with Crippen molar-refractivity contribution in [3.05, 3.63) is 60.6 Å². The standard InChI is InChI=1S/C23H26N6O4/c1-16-5-7-18(8-6-16)32-11-10-28(2)21(30)15-29-14-17(12-26-29)27-23(31)20-13-25-22-19(33-20)4-3-9-24-22/h3-9,12,14,20H,10-11,13,15H2,1-2H3,(H,24,25)(H,27,31). The number of rotatable bonds is 8. The molecule has 0 saturated carbocycles. The molecule has 2 aromatic heterocycles. The molecule has 10 nitrogen and oxygen atoms in total. The van der Waals surface area contributed by atoms with Gasteiger partial charge in [0, 0.05) is 19.4 Å². The topological polar surface area (TPSA) is 111 Å². The summed E-state index contributed by atoms with van der Waals surface area (Å²) < 4.78 is 12.9. The van der Waals surface area contributed by atoms with E-state index in [1.165, 1.54) is 10.9 Å². The Labute approximate surface area is 191 Å². The van der Waals surface area contributed by atoms with Gasteiger partial charge in [-0.25, -0.2) is 4.98 Å². The van der Waals surface area contributed by atoms with E-state index in [0.29, 0.717) is 37.0 Å². The van der Waals surface area contributed by atoms with Crippen molar-refractivity contribution in [1.29, 1.82) is 0 Å². The predicted molar refractivity (Wildman–Crippen MR) is 122 cm³/mol. The Balaban J connectivity index is 1.23. The van der Waals surface area contributed by atoms with E-state index in [9.17, 15) is 9.59 Å². The third kappa shape index (κ3) is 5.79. The van der Waals surface area contributed by atoms with E-state index in [0.717, 1.165) is 11.3 Å². The summed E-state index contributed by atoms with van der Waals surface area (Å²) in [5.41, 5.74) is 1.65. The molecule has 0 saturated heterocycles. The van der Waals surface area contributed by atoms with Gasteiger partial charge in [-0.1, -0.05) is 17.7 Å². The number of carbonyl (C=O) groups is 2. The molecule has 3 heterocycles. The molecule has 0 aliphatic carbocycles. The summed E-state index contributed by atoms with van der Waals surface area (Å²) in [6.07, 6.45) is 4.06. The Hall–Kier alpha value is -4.08. The lowest BCUT2D eigenvalue weighted by atomic mass is 10.2. The number of fused-ring (bicyclic) bond motifs is 1. The number of aromatic nitrogens is 3. The average molecular weight is 450 g/mol. The summed E-state index contributed by atoms with van der Waals surface area (Å²) in [7, 11) is 1.72. The van der Waals surface area contributed by atoms with Gasteiger partial charge in [-0.15, -0.1) is 0 Å². The Morgan fingerprint density at radius 2 is 2.12 bits per heavy atom. The monoisotopic (exact) mass is 450 g/mol. The number of anilines is 2. The molecule has 33 heavy (non-hydrogen) atoms.